The van der Waals surface area contributed by atoms with Crippen molar-refractivity contribution in [3.05, 3.63) is 0 Å². The Hall–Kier alpha value is -0.0400. The Balaban J connectivity index is 2.30. The minimum atomic E-state index is 0.792. The topological polar surface area (TPSA) is 12.0 Å². The average Bonchev–Trinajstić information content (AvgIpc) is 2.14. The minimum Gasteiger partial charge on any atom is -0.313 e. The summed E-state index contributed by atoms with van der Waals surface area (Å²) in [5.74, 6) is 1.72. The first-order chi connectivity index (χ1) is 4.20. The van der Waals surface area contributed by atoms with Gasteiger partial charge in [-0.2, -0.15) is 0 Å². The molecule has 1 nitrogen and oxygen atoms in total. The molecule has 2 atom stereocenters. The van der Waals surface area contributed by atoms with E-state index in [4.69, 9.17) is 0 Å². The van der Waals surface area contributed by atoms with Crippen molar-refractivity contribution < 1.29 is 0 Å². The van der Waals surface area contributed by atoms with Gasteiger partial charge >= 0.3 is 0 Å². The Morgan fingerprint density at radius 2 is 2.11 bits per heavy atom. The van der Waals surface area contributed by atoms with Gasteiger partial charge in [-0.15, -0.1) is 0 Å². The van der Waals surface area contributed by atoms with E-state index in [2.05, 4.69) is 26.1 Å². The van der Waals surface area contributed by atoms with E-state index in [0.717, 1.165) is 17.9 Å². The standard InChI is InChI=1S/C8H17N/c1-6(2)8-4-7(3)5-9-8/h6-9H,4-5H2,1-3H3/t7-,8-/m1/s1. The summed E-state index contributed by atoms with van der Waals surface area (Å²) in [6.07, 6.45) is 1.37. The molecule has 0 amide bonds. The smallest absolute Gasteiger partial charge is 0.00931 e. The molecule has 0 radical (unpaired) electrons. The van der Waals surface area contributed by atoms with Crippen LogP contribution >= 0.6 is 0 Å². The van der Waals surface area contributed by atoms with Crippen molar-refractivity contribution in [3.63, 3.8) is 0 Å². The molecule has 1 N–H and O–H groups in total. The first-order valence-corrected chi connectivity index (χ1v) is 3.93. The molecule has 0 saturated carbocycles. The summed E-state index contributed by atoms with van der Waals surface area (Å²) < 4.78 is 0. The normalized spacial score (nSPS) is 36.0. The summed E-state index contributed by atoms with van der Waals surface area (Å²) in [4.78, 5) is 0. The monoisotopic (exact) mass is 127 g/mol. The summed E-state index contributed by atoms with van der Waals surface area (Å²) in [5, 5.41) is 3.51. The molecule has 54 valence electrons. The van der Waals surface area contributed by atoms with Gasteiger partial charge in [0.2, 0.25) is 0 Å². The predicted molar refractivity (Wildman–Crippen MR) is 40.4 cm³/mol. The molecule has 1 rings (SSSR count). The SMILES string of the molecule is CC(C)[C@H]1C[C@@H](C)CN1. The molecule has 1 heteroatoms. The molecule has 9 heavy (non-hydrogen) atoms. The van der Waals surface area contributed by atoms with Gasteiger partial charge in [0.05, 0.1) is 0 Å². The van der Waals surface area contributed by atoms with E-state index in [1.807, 2.05) is 0 Å². The lowest BCUT2D eigenvalue weighted by atomic mass is 9.99. The summed E-state index contributed by atoms with van der Waals surface area (Å²) in [6, 6.07) is 0.792. The van der Waals surface area contributed by atoms with Gasteiger partial charge in [0, 0.05) is 6.04 Å². The maximum Gasteiger partial charge on any atom is 0.00931 e. The molecular formula is C8H17N. The second-order valence-corrected chi connectivity index (χ2v) is 3.60. The van der Waals surface area contributed by atoms with E-state index >= 15 is 0 Å². The van der Waals surface area contributed by atoms with E-state index in [0.29, 0.717) is 0 Å². The highest BCUT2D eigenvalue weighted by molar-refractivity contribution is 4.80. The van der Waals surface area contributed by atoms with Crippen LogP contribution in [0.3, 0.4) is 0 Å². The zero-order valence-electron chi connectivity index (χ0n) is 6.65. The van der Waals surface area contributed by atoms with Crippen LogP contribution in [0.2, 0.25) is 0 Å². The van der Waals surface area contributed by atoms with Gasteiger partial charge in [0.1, 0.15) is 0 Å². The van der Waals surface area contributed by atoms with E-state index < -0.39 is 0 Å². The molecule has 0 spiro atoms. The zero-order chi connectivity index (χ0) is 6.85. The second kappa shape index (κ2) is 2.70. The van der Waals surface area contributed by atoms with Crippen LogP contribution in [-0.2, 0) is 0 Å². The minimum absolute atomic E-state index is 0.792. The van der Waals surface area contributed by atoms with Crippen molar-refractivity contribution in [3.8, 4) is 0 Å². The Kier molecular flexibility index (Phi) is 2.12. The summed E-state index contributed by atoms with van der Waals surface area (Å²) in [5.41, 5.74) is 0. The van der Waals surface area contributed by atoms with E-state index in [-0.39, 0.29) is 0 Å². The predicted octanol–water partition coefficient (Wildman–Crippen LogP) is 1.64. The highest BCUT2D eigenvalue weighted by Gasteiger charge is 2.22. The lowest BCUT2D eigenvalue weighted by Crippen LogP contribution is -2.26. The molecule has 0 aromatic rings. The van der Waals surface area contributed by atoms with Gasteiger partial charge in [0.15, 0.2) is 0 Å². The van der Waals surface area contributed by atoms with Gasteiger partial charge in [-0.05, 0) is 24.8 Å². The molecule has 0 aromatic carbocycles. The molecular weight excluding hydrogens is 110 g/mol. The maximum atomic E-state index is 3.51. The van der Waals surface area contributed by atoms with E-state index in [9.17, 15) is 0 Å². The van der Waals surface area contributed by atoms with Crippen molar-refractivity contribution in [1.29, 1.82) is 0 Å². The molecule has 1 heterocycles. The Labute approximate surface area is 57.8 Å². The molecule has 1 aliphatic rings. The summed E-state index contributed by atoms with van der Waals surface area (Å²) in [7, 11) is 0. The Morgan fingerprint density at radius 3 is 2.33 bits per heavy atom. The van der Waals surface area contributed by atoms with Gasteiger partial charge in [-0.3, -0.25) is 0 Å². The molecule has 0 unspecified atom stereocenters. The lowest BCUT2D eigenvalue weighted by Gasteiger charge is -2.13. The number of hydrogen-bond acceptors (Lipinski definition) is 1. The third-order valence-corrected chi connectivity index (χ3v) is 2.19. The van der Waals surface area contributed by atoms with Crippen LogP contribution in [-0.4, -0.2) is 12.6 Å². The average molecular weight is 127 g/mol. The van der Waals surface area contributed by atoms with Gasteiger partial charge in [-0.25, -0.2) is 0 Å². The quantitative estimate of drug-likeness (QED) is 0.564. The number of rotatable bonds is 1. The molecule has 1 fully saturated rings. The lowest BCUT2D eigenvalue weighted by molar-refractivity contribution is 0.444. The van der Waals surface area contributed by atoms with Crippen molar-refractivity contribution in [2.24, 2.45) is 11.8 Å². The van der Waals surface area contributed by atoms with Crippen LogP contribution in [0.5, 0.6) is 0 Å². The number of hydrogen-bond donors (Lipinski definition) is 1. The van der Waals surface area contributed by atoms with E-state index in [1.165, 1.54) is 13.0 Å². The van der Waals surface area contributed by atoms with Crippen LogP contribution in [0.15, 0.2) is 0 Å². The Bertz CT molecular complexity index is 88.6. The van der Waals surface area contributed by atoms with Crippen LogP contribution in [0, 0.1) is 11.8 Å². The summed E-state index contributed by atoms with van der Waals surface area (Å²) in [6.45, 7) is 8.11. The molecule has 0 aliphatic carbocycles. The van der Waals surface area contributed by atoms with Crippen LogP contribution < -0.4 is 5.32 Å². The molecule has 0 aromatic heterocycles. The highest BCUT2D eigenvalue weighted by Crippen LogP contribution is 2.18. The molecule has 1 aliphatic heterocycles. The Morgan fingerprint density at radius 1 is 1.44 bits per heavy atom. The fourth-order valence-corrected chi connectivity index (χ4v) is 1.46. The van der Waals surface area contributed by atoms with Gasteiger partial charge < -0.3 is 5.32 Å². The molecule has 0 bridgehead atoms. The fourth-order valence-electron chi connectivity index (χ4n) is 1.46. The maximum absolute atomic E-state index is 3.51. The first-order valence-electron chi connectivity index (χ1n) is 3.93. The first kappa shape index (κ1) is 7.07. The van der Waals surface area contributed by atoms with Gasteiger partial charge in [0.25, 0.3) is 0 Å². The fraction of sp³-hybridized carbons (Fsp3) is 1.00. The van der Waals surface area contributed by atoms with Crippen molar-refractivity contribution in [2.75, 3.05) is 6.54 Å². The number of nitrogens with one attached hydrogen (secondary N) is 1. The van der Waals surface area contributed by atoms with Crippen molar-refractivity contribution in [1.82, 2.24) is 5.32 Å². The second-order valence-electron chi connectivity index (χ2n) is 3.60. The largest absolute Gasteiger partial charge is 0.313 e. The third kappa shape index (κ3) is 1.68. The van der Waals surface area contributed by atoms with Crippen LogP contribution in [0.4, 0.5) is 0 Å². The summed E-state index contributed by atoms with van der Waals surface area (Å²) >= 11 is 0. The highest BCUT2D eigenvalue weighted by atomic mass is 14.9. The van der Waals surface area contributed by atoms with Crippen molar-refractivity contribution in [2.45, 2.75) is 33.2 Å². The zero-order valence-corrected chi connectivity index (χ0v) is 6.65. The van der Waals surface area contributed by atoms with E-state index in [1.54, 1.807) is 0 Å². The van der Waals surface area contributed by atoms with Crippen LogP contribution in [0.1, 0.15) is 27.2 Å². The van der Waals surface area contributed by atoms with Crippen molar-refractivity contribution >= 4 is 0 Å². The third-order valence-electron chi connectivity index (χ3n) is 2.19. The van der Waals surface area contributed by atoms with Crippen LogP contribution in [0.25, 0.3) is 0 Å². The molecule has 1 saturated heterocycles. The van der Waals surface area contributed by atoms with Gasteiger partial charge in [-0.1, -0.05) is 20.8 Å².